The summed E-state index contributed by atoms with van der Waals surface area (Å²) < 4.78 is 1.10. The zero-order chi connectivity index (χ0) is 15.1. The average molecular weight is 356 g/mol. The summed E-state index contributed by atoms with van der Waals surface area (Å²) in [4.78, 5) is 13.7. The maximum absolute atomic E-state index is 11.3. The summed E-state index contributed by atoms with van der Waals surface area (Å²) in [7, 11) is 0. The number of rotatable bonds is 6. The lowest BCUT2D eigenvalue weighted by Gasteiger charge is -2.30. The van der Waals surface area contributed by atoms with Crippen molar-refractivity contribution in [3.63, 3.8) is 0 Å². The molecule has 0 saturated carbocycles. The molecule has 0 spiro atoms. The van der Waals surface area contributed by atoms with E-state index >= 15 is 0 Å². The summed E-state index contributed by atoms with van der Waals surface area (Å²) in [5, 5.41) is 12.1. The molecule has 1 aromatic rings. The molecule has 1 amide bonds. The minimum Gasteiger partial charge on any atom is -0.311 e. The minimum absolute atomic E-state index is 0.0398. The molecule has 3 N–H and O–H groups in total. The van der Waals surface area contributed by atoms with E-state index in [0.29, 0.717) is 0 Å². The number of likely N-dealkylation sites (tertiary alicyclic amines) is 1. The van der Waals surface area contributed by atoms with Crippen LogP contribution in [0.3, 0.4) is 0 Å². The largest absolute Gasteiger partial charge is 0.311 e. The molecule has 1 aliphatic heterocycles. The number of hydrogen-bond donors (Lipinski definition) is 3. The van der Waals surface area contributed by atoms with E-state index in [9.17, 15) is 4.79 Å². The SMILES string of the molecule is O=C(NO)C1CCN(CCNCc2ccc(Br)cc2)CC1. The van der Waals surface area contributed by atoms with Crippen molar-refractivity contribution in [1.29, 1.82) is 0 Å². The van der Waals surface area contributed by atoms with Gasteiger partial charge in [-0.05, 0) is 43.6 Å². The van der Waals surface area contributed by atoms with Gasteiger partial charge in [-0.25, -0.2) is 5.48 Å². The molecule has 1 heterocycles. The van der Waals surface area contributed by atoms with Crippen LogP contribution in [-0.4, -0.2) is 42.2 Å². The number of nitrogens with zero attached hydrogens (tertiary/aromatic N) is 1. The Bertz CT molecular complexity index is 445. The Kier molecular flexibility index (Phi) is 6.63. The average Bonchev–Trinajstić information content (AvgIpc) is 2.53. The monoisotopic (exact) mass is 355 g/mol. The lowest BCUT2D eigenvalue weighted by atomic mass is 9.96. The highest BCUT2D eigenvalue weighted by molar-refractivity contribution is 9.10. The molecule has 1 aliphatic rings. The molecule has 2 rings (SSSR count). The first-order valence-electron chi connectivity index (χ1n) is 7.30. The normalized spacial score (nSPS) is 16.9. The molecule has 0 radical (unpaired) electrons. The Morgan fingerprint density at radius 1 is 1.29 bits per heavy atom. The van der Waals surface area contributed by atoms with Crippen LogP contribution in [0.2, 0.25) is 0 Å². The van der Waals surface area contributed by atoms with Crippen molar-refractivity contribution >= 4 is 21.8 Å². The van der Waals surface area contributed by atoms with Crippen LogP contribution in [-0.2, 0) is 11.3 Å². The molecule has 1 saturated heterocycles. The molecular formula is C15H22BrN3O2. The number of nitrogens with one attached hydrogen (secondary N) is 2. The van der Waals surface area contributed by atoms with Crippen molar-refractivity contribution in [2.75, 3.05) is 26.2 Å². The molecule has 116 valence electrons. The Morgan fingerprint density at radius 3 is 2.57 bits per heavy atom. The van der Waals surface area contributed by atoms with Crippen LogP contribution in [0, 0.1) is 5.92 Å². The number of hydrogen-bond acceptors (Lipinski definition) is 4. The van der Waals surface area contributed by atoms with Crippen molar-refractivity contribution in [2.24, 2.45) is 5.92 Å². The van der Waals surface area contributed by atoms with E-state index in [1.54, 1.807) is 5.48 Å². The summed E-state index contributed by atoms with van der Waals surface area (Å²) in [5.74, 6) is -0.287. The van der Waals surface area contributed by atoms with Crippen molar-refractivity contribution in [1.82, 2.24) is 15.7 Å². The molecule has 1 aromatic carbocycles. The summed E-state index contributed by atoms with van der Waals surface area (Å²) >= 11 is 3.43. The van der Waals surface area contributed by atoms with E-state index in [1.165, 1.54) is 5.56 Å². The number of hydroxylamine groups is 1. The number of benzene rings is 1. The Labute approximate surface area is 133 Å². The van der Waals surface area contributed by atoms with Crippen molar-refractivity contribution in [3.8, 4) is 0 Å². The fourth-order valence-corrected chi connectivity index (χ4v) is 2.85. The first-order chi connectivity index (χ1) is 10.2. The summed E-state index contributed by atoms with van der Waals surface area (Å²) in [6.45, 7) is 4.63. The van der Waals surface area contributed by atoms with Gasteiger partial charge in [-0.3, -0.25) is 10.0 Å². The third-order valence-electron chi connectivity index (χ3n) is 3.92. The van der Waals surface area contributed by atoms with E-state index in [0.717, 1.165) is 50.0 Å². The minimum atomic E-state index is -0.247. The molecule has 5 nitrogen and oxygen atoms in total. The summed E-state index contributed by atoms with van der Waals surface area (Å²) in [6.07, 6.45) is 1.64. The van der Waals surface area contributed by atoms with E-state index in [1.807, 2.05) is 12.1 Å². The molecule has 1 fully saturated rings. The van der Waals surface area contributed by atoms with Gasteiger partial charge in [0.2, 0.25) is 5.91 Å². The van der Waals surface area contributed by atoms with Gasteiger partial charge in [0, 0.05) is 30.0 Å². The summed E-state index contributed by atoms with van der Waals surface area (Å²) in [5.41, 5.74) is 3.03. The fraction of sp³-hybridized carbons (Fsp3) is 0.533. The topological polar surface area (TPSA) is 64.6 Å². The molecular weight excluding hydrogens is 334 g/mol. The molecule has 0 aliphatic carbocycles. The van der Waals surface area contributed by atoms with E-state index in [-0.39, 0.29) is 11.8 Å². The molecule has 21 heavy (non-hydrogen) atoms. The zero-order valence-corrected chi connectivity index (χ0v) is 13.6. The quantitative estimate of drug-likeness (QED) is 0.413. The number of carbonyl (C=O) groups excluding carboxylic acids is 1. The van der Waals surface area contributed by atoms with Crippen LogP contribution < -0.4 is 10.8 Å². The van der Waals surface area contributed by atoms with Gasteiger partial charge in [0.25, 0.3) is 0 Å². The van der Waals surface area contributed by atoms with E-state index < -0.39 is 0 Å². The van der Waals surface area contributed by atoms with Crippen molar-refractivity contribution in [2.45, 2.75) is 19.4 Å². The first-order valence-corrected chi connectivity index (χ1v) is 8.10. The number of piperidine rings is 1. The Balaban J connectivity index is 1.60. The van der Waals surface area contributed by atoms with Gasteiger partial charge in [-0.1, -0.05) is 28.1 Å². The smallest absolute Gasteiger partial charge is 0.246 e. The van der Waals surface area contributed by atoms with Crippen LogP contribution >= 0.6 is 15.9 Å². The predicted octanol–water partition coefficient (Wildman–Crippen LogP) is 1.76. The zero-order valence-electron chi connectivity index (χ0n) is 12.0. The van der Waals surface area contributed by atoms with Gasteiger partial charge in [0.15, 0.2) is 0 Å². The van der Waals surface area contributed by atoms with Crippen LogP contribution in [0.5, 0.6) is 0 Å². The van der Waals surface area contributed by atoms with Crippen molar-refractivity contribution < 1.29 is 10.0 Å². The van der Waals surface area contributed by atoms with Gasteiger partial charge in [-0.2, -0.15) is 0 Å². The van der Waals surface area contributed by atoms with Crippen LogP contribution in [0.25, 0.3) is 0 Å². The third kappa shape index (κ3) is 5.39. The van der Waals surface area contributed by atoms with Gasteiger partial charge in [0.1, 0.15) is 0 Å². The van der Waals surface area contributed by atoms with Crippen molar-refractivity contribution in [3.05, 3.63) is 34.3 Å². The third-order valence-corrected chi connectivity index (χ3v) is 4.44. The highest BCUT2D eigenvalue weighted by atomic mass is 79.9. The first kappa shape index (κ1) is 16.4. The Hall–Kier alpha value is -0.950. The van der Waals surface area contributed by atoms with Crippen LogP contribution in [0.15, 0.2) is 28.7 Å². The van der Waals surface area contributed by atoms with E-state index in [2.05, 4.69) is 38.3 Å². The van der Waals surface area contributed by atoms with Crippen LogP contribution in [0.4, 0.5) is 0 Å². The lowest BCUT2D eigenvalue weighted by molar-refractivity contribution is -0.134. The van der Waals surface area contributed by atoms with Gasteiger partial charge in [-0.15, -0.1) is 0 Å². The standard InChI is InChI=1S/C15H22BrN3O2/c16-14-3-1-12(2-4-14)11-17-7-10-19-8-5-13(6-9-19)15(20)18-21/h1-4,13,17,21H,5-11H2,(H,18,20). The maximum Gasteiger partial charge on any atom is 0.246 e. The van der Waals surface area contributed by atoms with Gasteiger partial charge in [0.05, 0.1) is 0 Å². The highest BCUT2D eigenvalue weighted by Crippen LogP contribution is 2.16. The number of carbonyl (C=O) groups is 1. The Morgan fingerprint density at radius 2 is 1.95 bits per heavy atom. The van der Waals surface area contributed by atoms with Crippen LogP contribution in [0.1, 0.15) is 18.4 Å². The fourth-order valence-electron chi connectivity index (χ4n) is 2.58. The second kappa shape index (κ2) is 8.48. The molecule has 0 unspecified atom stereocenters. The van der Waals surface area contributed by atoms with Gasteiger partial charge < -0.3 is 10.2 Å². The number of halogens is 1. The maximum atomic E-state index is 11.3. The lowest BCUT2D eigenvalue weighted by Crippen LogP contribution is -2.42. The second-order valence-corrected chi connectivity index (χ2v) is 6.31. The van der Waals surface area contributed by atoms with Gasteiger partial charge >= 0.3 is 0 Å². The highest BCUT2D eigenvalue weighted by Gasteiger charge is 2.24. The molecule has 6 heteroatoms. The molecule has 0 atom stereocenters. The molecule has 0 aromatic heterocycles. The molecule has 0 bridgehead atoms. The predicted molar refractivity (Wildman–Crippen MR) is 84.9 cm³/mol. The van der Waals surface area contributed by atoms with E-state index in [4.69, 9.17) is 5.21 Å². The summed E-state index contributed by atoms with van der Waals surface area (Å²) in [6, 6.07) is 8.31. The second-order valence-electron chi connectivity index (χ2n) is 5.40. The number of amides is 1.